The quantitative estimate of drug-likeness (QED) is 0.837. The van der Waals surface area contributed by atoms with Gasteiger partial charge in [0.05, 0.1) is 28.2 Å². The van der Waals surface area contributed by atoms with E-state index in [2.05, 4.69) is 31.2 Å². The molecular weight excluding hydrogens is 294 g/mol. The Morgan fingerprint density at radius 3 is 2.41 bits per heavy atom. The number of nitrogens with zero attached hydrogens (tertiary/aromatic N) is 2. The molecule has 4 nitrogen and oxygen atoms in total. The Balaban J connectivity index is 2.30. The SMILES string of the molecule is Nc1cnc(Nc2cc(F)c(Br)cc2F)nc1. The van der Waals surface area contributed by atoms with Crippen molar-refractivity contribution in [3.63, 3.8) is 0 Å². The zero-order chi connectivity index (χ0) is 12.4. The monoisotopic (exact) mass is 300 g/mol. The molecule has 7 heteroatoms. The summed E-state index contributed by atoms with van der Waals surface area (Å²) in [6, 6.07) is 2.04. The number of benzene rings is 1. The standard InChI is InChI=1S/C10H7BrF2N4/c11-6-1-8(13)9(2-7(6)12)17-10-15-3-5(14)4-16-10/h1-4H,14H2,(H,15,16,17). The van der Waals surface area contributed by atoms with E-state index in [0.29, 0.717) is 5.69 Å². The van der Waals surface area contributed by atoms with Gasteiger partial charge in [-0.3, -0.25) is 0 Å². The lowest BCUT2D eigenvalue weighted by Gasteiger charge is -2.06. The summed E-state index contributed by atoms with van der Waals surface area (Å²) in [5.74, 6) is -1.05. The first kappa shape index (κ1) is 11.7. The highest BCUT2D eigenvalue weighted by Crippen LogP contribution is 2.24. The third kappa shape index (κ3) is 2.68. The molecule has 1 aromatic heterocycles. The van der Waals surface area contributed by atoms with Crippen LogP contribution in [-0.4, -0.2) is 9.97 Å². The highest BCUT2D eigenvalue weighted by Gasteiger charge is 2.09. The van der Waals surface area contributed by atoms with Gasteiger partial charge in [0.2, 0.25) is 5.95 Å². The Morgan fingerprint density at radius 2 is 1.76 bits per heavy atom. The van der Waals surface area contributed by atoms with E-state index in [1.165, 1.54) is 12.4 Å². The van der Waals surface area contributed by atoms with Crippen molar-refractivity contribution in [3.8, 4) is 0 Å². The smallest absolute Gasteiger partial charge is 0.227 e. The third-order valence-electron chi connectivity index (χ3n) is 1.93. The lowest BCUT2D eigenvalue weighted by Crippen LogP contribution is -2.00. The van der Waals surface area contributed by atoms with Gasteiger partial charge in [-0.25, -0.2) is 18.7 Å². The minimum atomic E-state index is -0.612. The molecule has 0 saturated heterocycles. The van der Waals surface area contributed by atoms with Crippen LogP contribution in [0.1, 0.15) is 0 Å². The number of nitrogens with two attached hydrogens (primary N) is 1. The fourth-order valence-electron chi connectivity index (χ4n) is 1.14. The number of aromatic nitrogens is 2. The van der Waals surface area contributed by atoms with E-state index in [1.807, 2.05) is 0 Å². The Hall–Kier alpha value is -1.76. The summed E-state index contributed by atoms with van der Waals surface area (Å²) in [5, 5.41) is 2.55. The van der Waals surface area contributed by atoms with Gasteiger partial charge in [0.15, 0.2) is 0 Å². The van der Waals surface area contributed by atoms with Crippen molar-refractivity contribution in [3.05, 3.63) is 40.6 Å². The van der Waals surface area contributed by atoms with Crippen LogP contribution >= 0.6 is 15.9 Å². The number of nitrogens with one attached hydrogen (secondary N) is 1. The van der Waals surface area contributed by atoms with Crippen LogP contribution in [0.5, 0.6) is 0 Å². The first-order valence-electron chi connectivity index (χ1n) is 4.55. The van der Waals surface area contributed by atoms with Crippen molar-refractivity contribution in [1.29, 1.82) is 0 Å². The third-order valence-corrected chi connectivity index (χ3v) is 2.54. The van der Waals surface area contributed by atoms with Crippen LogP contribution in [0.3, 0.4) is 0 Å². The maximum absolute atomic E-state index is 13.5. The van der Waals surface area contributed by atoms with E-state index >= 15 is 0 Å². The number of hydrogen-bond acceptors (Lipinski definition) is 4. The van der Waals surface area contributed by atoms with Crippen LogP contribution in [0.4, 0.5) is 26.1 Å². The zero-order valence-corrected chi connectivity index (χ0v) is 10.0. The van der Waals surface area contributed by atoms with Gasteiger partial charge in [0, 0.05) is 6.07 Å². The zero-order valence-electron chi connectivity index (χ0n) is 8.42. The van der Waals surface area contributed by atoms with Gasteiger partial charge in [0.1, 0.15) is 11.6 Å². The average molecular weight is 301 g/mol. The van der Waals surface area contributed by atoms with E-state index in [1.54, 1.807) is 0 Å². The fraction of sp³-hybridized carbons (Fsp3) is 0. The summed E-state index contributed by atoms with van der Waals surface area (Å²) < 4.78 is 26.7. The number of nitrogen functional groups attached to an aromatic ring is 1. The van der Waals surface area contributed by atoms with E-state index in [-0.39, 0.29) is 16.1 Å². The topological polar surface area (TPSA) is 63.8 Å². The van der Waals surface area contributed by atoms with Crippen molar-refractivity contribution in [1.82, 2.24) is 9.97 Å². The normalized spacial score (nSPS) is 10.3. The average Bonchev–Trinajstić information content (AvgIpc) is 2.29. The van der Waals surface area contributed by atoms with E-state index in [9.17, 15) is 8.78 Å². The molecule has 0 saturated carbocycles. The van der Waals surface area contributed by atoms with E-state index in [4.69, 9.17) is 5.73 Å². The van der Waals surface area contributed by atoms with Gasteiger partial charge < -0.3 is 11.1 Å². The molecule has 0 aliphatic carbocycles. The van der Waals surface area contributed by atoms with Crippen molar-refractivity contribution < 1.29 is 8.78 Å². The lowest BCUT2D eigenvalue weighted by molar-refractivity contribution is 0.597. The molecule has 0 fully saturated rings. The summed E-state index contributed by atoms with van der Waals surface area (Å²) in [5.41, 5.74) is 5.74. The van der Waals surface area contributed by atoms with E-state index in [0.717, 1.165) is 12.1 Å². The molecule has 0 spiro atoms. The molecule has 2 rings (SSSR count). The molecule has 0 atom stereocenters. The summed E-state index contributed by atoms with van der Waals surface area (Å²) in [6.45, 7) is 0. The van der Waals surface area contributed by atoms with Crippen molar-refractivity contribution in [2.45, 2.75) is 0 Å². The highest BCUT2D eigenvalue weighted by molar-refractivity contribution is 9.10. The van der Waals surface area contributed by atoms with Crippen LogP contribution in [0, 0.1) is 11.6 Å². The van der Waals surface area contributed by atoms with Crippen molar-refractivity contribution >= 4 is 33.3 Å². The molecule has 2 aromatic rings. The summed E-state index contributed by atoms with van der Waals surface area (Å²) in [4.78, 5) is 7.64. The van der Waals surface area contributed by atoms with Gasteiger partial charge in [-0.15, -0.1) is 0 Å². The maximum atomic E-state index is 13.5. The second-order valence-electron chi connectivity index (χ2n) is 3.21. The second kappa shape index (κ2) is 4.62. The van der Waals surface area contributed by atoms with E-state index < -0.39 is 11.6 Å². The minimum absolute atomic E-state index is 0.0459. The van der Waals surface area contributed by atoms with Gasteiger partial charge >= 0.3 is 0 Å². The molecule has 3 N–H and O–H groups in total. The number of hydrogen-bond donors (Lipinski definition) is 2. The molecule has 0 bridgehead atoms. The Kier molecular flexibility index (Phi) is 3.19. The van der Waals surface area contributed by atoms with Crippen LogP contribution in [0.15, 0.2) is 29.0 Å². The predicted octanol–water partition coefficient (Wildman–Crippen LogP) is 2.84. The first-order chi connectivity index (χ1) is 8.06. The molecule has 0 aliphatic heterocycles. The fourth-order valence-corrected chi connectivity index (χ4v) is 1.46. The summed E-state index contributed by atoms with van der Waals surface area (Å²) >= 11 is 2.88. The van der Waals surface area contributed by atoms with Gasteiger partial charge in [-0.05, 0) is 22.0 Å². The maximum Gasteiger partial charge on any atom is 0.227 e. The summed E-state index contributed by atoms with van der Waals surface area (Å²) in [7, 11) is 0. The Morgan fingerprint density at radius 1 is 1.12 bits per heavy atom. The molecule has 17 heavy (non-hydrogen) atoms. The molecule has 0 unspecified atom stereocenters. The minimum Gasteiger partial charge on any atom is -0.396 e. The van der Waals surface area contributed by atoms with Gasteiger partial charge in [-0.1, -0.05) is 0 Å². The molecule has 0 aliphatic rings. The molecular formula is C10H7BrF2N4. The number of anilines is 3. The van der Waals surface area contributed by atoms with Crippen LogP contribution in [0.2, 0.25) is 0 Å². The largest absolute Gasteiger partial charge is 0.396 e. The number of rotatable bonds is 2. The molecule has 1 heterocycles. The van der Waals surface area contributed by atoms with Crippen LogP contribution in [0.25, 0.3) is 0 Å². The van der Waals surface area contributed by atoms with Crippen LogP contribution in [-0.2, 0) is 0 Å². The Labute approximate surface area is 104 Å². The molecule has 0 radical (unpaired) electrons. The Bertz CT molecular complexity index is 545. The van der Waals surface area contributed by atoms with Gasteiger partial charge in [-0.2, -0.15) is 0 Å². The number of halogens is 3. The van der Waals surface area contributed by atoms with Crippen molar-refractivity contribution in [2.75, 3.05) is 11.1 Å². The van der Waals surface area contributed by atoms with Gasteiger partial charge in [0.25, 0.3) is 0 Å². The second-order valence-corrected chi connectivity index (χ2v) is 4.07. The molecule has 0 amide bonds. The van der Waals surface area contributed by atoms with Crippen LogP contribution < -0.4 is 11.1 Å². The molecule has 1 aromatic carbocycles. The first-order valence-corrected chi connectivity index (χ1v) is 5.34. The van der Waals surface area contributed by atoms with Crippen molar-refractivity contribution in [2.24, 2.45) is 0 Å². The highest BCUT2D eigenvalue weighted by atomic mass is 79.9. The summed E-state index contributed by atoms with van der Waals surface area (Å²) in [6.07, 6.45) is 2.73. The lowest BCUT2D eigenvalue weighted by atomic mass is 10.3. The predicted molar refractivity (Wildman–Crippen MR) is 63.8 cm³/mol. The molecule has 88 valence electrons.